The van der Waals surface area contributed by atoms with Gasteiger partial charge >= 0.3 is 5.63 Å². The van der Waals surface area contributed by atoms with Crippen LogP contribution in [0.2, 0.25) is 0 Å². The first-order valence-corrected chi connectivity index (χ1v) is 7.99. The number of carbonyl (C=O) groups excluding carboxylic acids is 1. The van der Waals surface area contributed by atoms with E-state index in [0.29, 0.717) is 17.5 Å². The van der Waals surface area contributed by atoms with Crippen LogP contribution in [0.1, 0.15) is 27.9 Å². The lowest BCUT2D eigenvalue weighted by atomic mass is 10.1. The molecular weight excluding hydrogens is 320 g/mol. The molecule has 0 spiro atoms. The maximum absolute atomic E-state index is 12.5. The summed E-state index contributed by atoms with van der Waals surface area (Å²) in [7, 11) is 3.80. The summed E-state index contributed by atoms with van der Waals surface area (Å²) in [4.78, 5) is 26.5. The number of amides is 1. The Labute approximate surface area is 145 Å². The van der Waals surface area contributed by atoms with E-state index in [-0.39, 0.29) is 11.6 Å². The number of aryl methyl sites for hydroxylation is 1. The highest BCUT2D eigenvalue weighted by molar-refractivity contribution is 5.96. The Morgan fingerprint density at radius 3 is 2.60 bits per heavy atom. The predicted molar refractivity (Wildman–Crippen MR) is 94.7 cm³/mol. The standard InChI is InChI=1S/C19H20N2O4/c1-12-8-9-17(24-12)15(21(2)3)11-20-18(22)14-10-13-6-4-5-7-16(13)25-19(14)23/h4-10,15H,11H2,1-3H3,(H,20,22). The van der Waals surface area contributed by atoms with Crippen molar-refractivity contribution >= 4 is 16.9 Å². The van der Waals surface area contributed by atoms with Crippen molar-refractivity contribution in [1.82, 2.24) is 10.2 Å². The highest BCUT2D eigenvalue weighted by Crippen LogP contribution is 2.20. The first-order chi connectivity index (χ1) is 12.0. The SMILES string of the molecule is Cc1ccc(C(CNC(=O)c2cc3ccccc3oc2=O)N(C)C)o1. The van der Waals surface area contributed by atoms with Crippen molar-refractivity contribution in [2.24, 2.45) is 0 Å². The van der Waals surface area contributed by atoms with Gasteiger partial charge in [0.2, 0.25) is 0 Å². The molecule has 0 bridgehead atoms. The number of furan rings is 1. The Morgan fingerprint density at radius 2 is 1.92 bits per heavy atom. The van der Waals surface area contributed by atoms with Gasteiger partial charge in [-0.25, -0.2) is 4.79 Å². The van der Waals surface area contributed by atoms with Crippen LogP contribution in [-0.4, -0.2) is 31.4 Å². The molecule has 3 rings (SSSR count). The zero-order valence-corrected chi connectivity index (χ0v) is 14.4. The largest absolute Gasteiger partial charge is 0.465 e. The third kappa shape index (κ3) is 3.64. The van der Waals surface area contributed by atoms with Gasteiger partial charge in [0, 0.05) is 11.9 Å². The second-order valence-electron chi connectivity index (χ2n) is 6.12. The number of nitrogens with one attached hydrogen (secondary N) is 1. The maximum Gasteiger partial charge on any atom is 0.349 e. The zero-order valence-electron chi connectivity index (χ0n) is 14.4. The van der Waals surface area contributed by atoms with Gasteiger partial charge in [-0.2, -0.15) is 0 Å². The minimum Gasteiger partial charge on any atom is -0.465 e. The van der Waals surface area contributed by atoms with Crippen LogP contribution >= 0.6 is 0 Å². The van der Waals surface area contributed by atoms with E-state index in [1.165, 1.54) is 0 Å². The molecular formula is C19H20N2O4. The first-order valence-electron chi connectivity index (χ1n) is 7.99. The van der Waals surface area contributed by atoms with Gasteiger partial charge in [-0.15, -0.1) is 0 Å². The van der Waals surface area contributed by atoms with Gasteiger partial charge < -0.3 is 14.2 Å². The Balaban J connectivity index is 1.79. The lowest BCUT2D eigenvalue weighted by molar-refractivity contribution is 0.0935. The molecule has 1 atom stereocenters. The molecule has 0 fully saturated rings. The number of hydrogen-bond donors (Lipinski definition) is 1. The molecule has 1 amide bonds. The van der Waals surface area contributed by atoms with Crippen LogP contribution in [0.5, 0.6) is 0 Å². The Kier molecular flexibility index (Phi) is 4.72. The summed E-state index contributed by atoms with van der Waals surface area (Å²) in [5.41, 5.74) is -0.195. The van der Waals surface area contributed by atoms with E-state index >= 15 is 0 Å². The van der Waals surface area contributed by atoms with Crippen LogP contribution in [0.15, 0.2) is 56.1 Å². The van der Waals surface area contributed by atoms with Crippen molar-refractivity contribution in [2.45, 2.75) is 13.0 Å². The van der Waals surface area contributed by atoms with Gasteiger partial charge in [0.25, 0.3) is 5.91 Å². The molecule has 1 aromatic carbocycles. The van der Waals surface area contributed by atoms with Crippen LogP contribution in [0, 0.1) is 6.92 Å². The van der Waals surface area contributed by atoms with Gasteiger partial charge in [0.15, 0.2) is 0 Å². The quantitative estimate of drug-likeness (QED) is 0.723. The number of fused-ring (bicyclic) bond motifs is 1. The third-order valence-corrected chi connectivity index (χ3v) is 4.05. The fourth-order valence-electron chi connectivity index (χ4n) is 2.67. The van der Waals surface area contributed by atoms with Gasteiger partial charge in [-0.1, -0.05) is 18.2 Å². The number of benzene rings is 1. The third-order valence-electron chi connectivity index (χ3n) is 4.05. The number of nitrogens with zero attached hydrogens (tertiary/aromatic N) is 1. The molecule has 6 nitrogen and oxygen atoms in total. The second-order valence-corrected chi connectivity index (χ2v) is 6.12. The Hall–Kier alpha value is -2.86. The minimum absolute atomic E-state index is 0.00756. The number of para-hydroxylation sites is 1. The van der Waals surface area contributed by atoms with Crippen molar-refractivity contribution in [1.29, 1.82) is 0 Å². The number of rotatable bonds is 5. The summed E-state index contributed by atoms with van der Waals surface area (Å²) in [6.45, 7) is 2.18. The molecule has 1 unspecified atom stereocenters. The van der Waals surface area contributed by atoms with Gasteiger partial charge in [0.05, 0.1) is 6.04 Å². The molecule has 130 valence electrons. The monoisotopic (exact) mass is 340 g/mol. The molecule has 2 heterocycles. The van der Waals surface area contributed by atoms with Crippen LogP contribution in [0.25, 0.3) is 11.0 Å². The topological polar surface area (TPSA) is 75.7 Å². The van der Waals surface area contributed by atoms with Crippen LogP contribution in [0.4, 0.5) is 0 Å². The van der Waals surface area contributed by atoms with Crippen molar-refractivity contribution in [3.63, 3.8) is 0 Å². The van der Waals surface area contributed by atoms with E-state index in [0.717, 1.165) is 11.5 Å². The smallest absolute Gasteiger partial charge is 0.349 e. The van der Waals surface area contributed by atoms with E-state index in [1.807, 2.05) is 44.1 Å². The predicted octanol–water partition coefficient (Wildman–Crippen LogP) is 2.73. The fraction of sp³-hybridized carbons (Fsp3) is 0.263. The fourth-order valence-corrected chi connectivity index (χ4v) is 2.67. The maximum atomic E-state index is 12.5. The molecule has 3 aromatic rings. The molecule has 0 saturated heterocycles. The lowest BCUT2D eigenvalue weighted by Crippen LogP contribution is -2.36. The van der Waals surface area contributed by atoms with Crippen LogP contribution in [-0.2, 0) is 0 Å². The summed E-state index contributed by atoms with van der Waals surface area (Å²) < 4.78 is 10.9. The molecule has 6 heteroatoms. The highest BCUT2D eigenvalue weighted by atomic mass is 16.4. The lowest BCUT2D eigenvalue weighted by Gasteiger charge is -2.22. The van der Waals surface area contributed by atoms with E-state index < -0.39 is 11.5 Å². The van der Waals surface area contributed by atoms with Gasteiger partial charge in [0.1, 0.15) is 22.7 Å². The number of carbonyl (C=O) groups is 1. The normalized spacial score (nSPS) is 12.5. The minimum atomic E-state index is -0.647. The molecule has 0 radical (unpaired) electrons. The zero-order chi connectivity index (χ0) is 18.0. The number of likely N-dealkylation sites (N-methyl/N-ethyl adjacent to an activating group) is 1. The van der Waals surface area contributed by atoms with Crippen molar-refractivity contribution in [2.75, 3.05) is 20.6 Å². The summed E-state index contributed by atoms with van der Waals surface area (Å²) in [6, 6.07) is 12.3. The van der Waals surface area contributed by atoms with Crippen LogP contribution in [0.3, 0.4) is 0 Å². The summed E-state index contributed by atoms with van der Waals surface area (Å²) in [5, 5.41) is 3.50. The van der Waals surface area contributed by atoms with E-state index in [2.05, 4.69) is 5.32 Å². The molecule has 0 aliphatic heterocycles. The van der Waals surface area contributed by atoms with Crippen molar-refractivity contribution < 1.29 is 13.6 Å². The molecule has 2 aromatic heterocycles. The summed E-state index contributed by atoms with van der Waals surface area (Å²) in [5.74, 6) is 1.10. The van der Waals surface area contributed by atoms with E-state index in [9.17, 15) is 9.59 Å². The molecule has 0 saturated carbocycles. The van der Waals surface area contributed by atoms with E-state index in [4.69, 9.17) is 8.83 Å². The number of hydrogen-bond acceptors (Lipinski definition) is 5. The van der Waals surface area contributed by atoms with Crippen LogP contribution < -0.4 is 10.9 Å². The Bertz CT molecular complexity index is 955. The second kappa shape index (κ2) is 6.94. The summed E-state index contributed by atoms with van der Waals surface area (Å²) >= 11 is 0. The molecule has 25 heavy (non-hydrogen) atoms. The van der Waals surface area contributed by atoms with E-state index in [1.54, 1.807) is 24.3 Å². The highest BCUT2D eigenvalue weighted by Gasteiger charge is 2.20. The molecule has 0 aliphatic rings. The van der Waals surface area contributed by atoms with Crippen molar-refractivity contribution in [3.05, 3.63) is 70.0 Å². The average Bonchev–Trinajstić information content (AvgIpc) is 3.00. The first kappa shape index (κ1) is 17.0. The molecule has 1 N–H and O–H groups in total. The Morgan fingerprint density at radius 1 is 1.16 bits per heavy atom. The van der Waals surface area contributed by atoms with Gasteiger partial charge in [-0.05, 0) is 45.3 Å². The van der Waals surface area contributed by atoms with Crippen molar-refractivity contribution in [3.8, 4) is 0 Å². The average molecular weight is 340 g/mol. The molecule has 0 aliphatic carbocycles. The van der Waals surface area contributed by atoms with Gasteiger partial charge in [-0.3, -0.25) is 9.69 Å². The summed E-state index contributed by atoms with van der Waals surface area (Å²) in [6.07, 6.45) is 0.